The molecule has 0 spiro atoms. The molecule has 0 N–H and O–H groups in total. The normalized spacial score (nSPS) is 19.3. The topological polar surface area (TPSA) is 104 Å². The smallest absolute Gasteiger partial charge is 0.275 e. The summed E-state index contributed by atoms with van der Waals surface area (Å²) in [5.74, 6) is -3.00. The minimum Gasteiger partial charge on any atom is -0.342 e. The molecule has 1 amide bonds. The van der Waals surface area contributed by atoms with Crippen molar-refractivity contribution in [3.63, 3.8) is 0 Å². The standard InChI is InChI=1S/C17H22F2N4O5S/c18-14-10-13(23(25)26)11-15(19)17(14)29(27,28)22-7-3-4-20(8-9-22)12-16(24)21-5-1-2-6-21/h10-11H,1-9,12H2. The van der Waals surface area contributed by atoms with Crippen LogP contribution in [0.1, 0.15) is 19.3 Å². The number of non-ortho nitro benzene ring substituents is 1. The predicted molar refractivity (Wildman–Crippen MR) is 98.6 cm³/mol. The van der Waals surface area contributed by atoms with Gasteiger partial charge in [-0.15, -0.1) is 0 Å². The number of benzene rings is 1. The van der Waals surface area contributed by atoms with Gasteiger partial charge in [0.1, 0.15) is 0 Å². The third-order valence-electron chi connectivity index (χ3n) is 5.16. The Hall–Kier alpha value is -2.18. The van der Waals surface area contributed by atoms with Gasteiger partial charge < -0.3 is 4.90 Å². The molecule has 2 saturated heterocycles. The molecule has 2 heterocycles. The summed E-state index contributed by atoms with van der Waals surface area (Å²) in [4.78, 5) is 24.4. The molecule has 9 nitrogen and oxygen atoms in total. The van der Waals surface area contributed by atoms with Crippen molar-refractivity contribution in [1.82, 2.24) is 14.1 Å². The van der Waals surface area contributed by atoms with E-state index in [1.807, 2.05) is 4.90 Å². The molecule has 0 saturated carbocycles. The largest absolute Gasteiger partial charge is 0.342 e. The summed E-state index contributed by atoms with van der Waals surface area (Å²) in [6.07, 6.45) is 2.34. The molecule has 0 aromatic heterocycles. The van der Waals surface area contributed by atoms with E-state index >= 15 is 0 Å². The van der Waals surface area contributed by atoms with E-state index in [4.69, 9.17) is 0 Å². The number of halogens is 2. The Kier molecular flexibility index (Phi) is 6.44. The molecular formula is C17H22F2N4O5S. The van der Waals surface area contributed by atoms with Gasteiger partial charge in [-0.05, 0) is 25.8 Å². The van der Waals surface area contributed by atoms with Crippen molar-refractivity contribution in [1.29, 1.82) is 0 Å². The van der Waals surface area contributed by atoms with Crippen LogP contribution in [0.3, 0.4) is 0 Å². The Labute approximate surface area is 167 Å². The highest BCUT2D eigenvalue weighted by Crippen LogP contribution is 2.27. The average Bonchev–Trinajstić information content (AvgIpc) is 3.08. The van der Waals surface area contributed by atoms with E-state index in [9.17, 15) is 32.1 Å². The third kappa shape index (κ3) is 4.70. The monoisotopic (exact) mass is 432 g/mol. The van der Waals surface area contributed by atoms with Crippen molar-refractivity contribution in [2.24, 2.45) is 0 Å². The Balaban J connectivity index is 1.72. The molecule has 1 aromatic rings. The number of rotatable bonds is 5. The number of amides is 1. The van der Waals surface area contributed by atoms with E-state index in [-0.39, 0.29) is 32.1 Å². The number of nitrogens with zero attached hydrogens (tertiary/aromatic N) is 4. The first-order valence-electron chi connectivity index (χ1n) is 9.34. The van der Waals surface area contributed by atoms with Crippen LogP contribution in [-0.4, -0.2) is 79.2 Å². The molecule has 0 bridgehead atoms. The maximum Gasteiger partial charge on any atom is 0.275 e. The van der Waals surface area contributed by atoms with Crippen LogP contribution < -0.4 is 0 Å². The van der Waals surface area contributed by atoms with Crippen LogP contribution in [0, 0.1) is 21.7 Å². The minimum absolute atomic E-state index is 0.00809. The van der Waals surface area contributed by atoms with Crippen LogP contribution in [0.5, 0.6) is 0 Å². The van der Waals surface area contributed by atoms with E-state index in [0.717, 1.165) is 30.2 Å². The highest BCUT2D eigenvalue weighted by Gasteiger charge is 2.34. The van der Waals surface area contributed by atoms with E-state index < -0.39 is 37.2 Å². The van der Waals surface area contributed by atoms with E-state index in [2.05, 4.69) is 0 Å². The third-order valence-corrected chi connectivity index (χ3v) is 7.11. The lowest BCUT2D eigenvalue weighted by molar-refractivity contribution is -0.385. The first kappa shape index (κ1) is 21.5. The van der Waals surface area contributed by atoms with Crippen LogP contribution in [0.4, 0.5) is 14.5 Å². The molecule has 2 aliphatic heterocycles. The SMILES string of the molecule is O=C(CN1CCCN(S(=O)(=O)c2c(F)cc([N+](=O)[O-])cc2F)CC1)N1CCCC1. The molecule has 0 atom stereocenters. The van der Waals surface area contributed by atoms with Crippen LogP contribution in [-0.2, 0) is 14.8 Å². The Morgan fingerprint density at radius 2 is 1.62 bits per heavy atom. The van der Waals surface area contributed by atoms with Crippen LogP contribution >= 0.6 is 0 Å². The van der Waals surface area contributed by atoms with Gasteiger partial charge in [0.25, 0.3) is 5.69 Å². The number of hydrogen-bond acceptors (Lipinski definition) is 6. The zero-order chi connectivity index (χ0) is 21.2. The maximum atomic E-state index is 14.2. The molecule has 160 valence electrons. The Morgan fingerprint density at radius 1 is 1.00 bits per heavy atom. The van der Waals surface area contributed by atoms with Gasteiger partial charge in [0.05, 0.1) is 23.6 Å². The molecule has 0 unspecified atom stereocenters. The van der Waals surface area contributed by atoms with Crippen molar-refractivity contribution in [2.75, 3.05) is 45.8 Å². The first-order valence-corrected chi connectivity index (χ1v) is 10.8. The zero-order valence-electron chi connectivity index (χ0n) is 15.7. The van der Waals surface area contributed by atoms with Crippen molar-refractivity contribution in [3.05, 3.63) is 33.9 Å². The van der Waals surface area contributed by atoms with Crippen LogP contribution in [0.25, 0.3) is 0 Å². The summed E-state index contributed by atoms with van der Waals surface area (Å²) >= 11 is 0. The van der Waals surface area contributed by atoms with Crippen molar-refractivity contribution >= 4 is 21.6 Å². The molecule has 12 heteroatoms. The lowest BCUT2D eigenvalue weighted by Crippen LogP contribution is -2.41. The number of carbonyl (C=O) groups excluding carboxylic acids is 1. The van der Waals surface area contributed by atoms with Gasteiger partial charge in [0, 0.05) is 32.7 Å². The summed E-state index contributed by atoms with van der Waals surface area (Å²) in [5.41, 5.74) is -0.860. The Bertz CT molecular complexity index is 882. The molecule has 2 fully saturated rings. The molecule has 3 rings (SSSR count). The van der Waals surface area contributed by atoms with Gasteiger partial charge in [-0.3, -0.25) is 19.8 Å². The molecule has 0 aliphatic carbocycles. The van der Waals surface area contributed by atoms with Crippen LogP contribution in [0.2, 0.25) is 0 Å². The number of hydrogen-bond donors (Lipinski definition) is 0. The second-order valence-corrected chi connectivity index (χ2v) is 8.99. The summed E-state index contributed by atoms with van der Waals surface area (Å²) in [6.45, 7) is 2.36. The fourth-order valence-electron chi connectivity index (χ4n) is 3.63. The number of likely N-dealkylation sites (tertiary alicyclic amines) is 1. The fourth-order valence-corrected chi connectivity index (χ4v) is 5.19. The highest BCUT2D eigenvalue weighted by atomic mass is 32.2. The van der Waals surface area contributed by atoms with Gasteiger partial charge in [-0.1, -0.05) is 0 Å². The van der Waals surface area contributed by atoms with Crippen molar-refractivity contribution in [2.45, 2.75) is 24.2 Å². The fraction of sp³-hybridized carbons (Fsp3) is 0.588. The quantitative estimate of drug-likeness (QED) is 0.511. The van der Waals surface area contributed by atoms with Crippen molar-refractivity contribution < 1.29 is 26.9 Å². The second kappa shape index (κ2) is 8.67. The Morgan fingerprint density at radius 3 is 2.21 bits per heavy atom. The average molecular weight is 432 g/mol. The van der Waals surface area contributed by atoms with Gasteiger partial charge in [0.15, 0.2) is 16.5 Å². The predicted octanol–water partition coefficient (Wildman–Crippen LogP) is 1.19. The summed E-state index contributed by atoms with van der Waals surface area (Å²) < 4.78 is 55.0. The second-order valence-electron chi connectivity index (χ2n) is 7.12. The van der Waals surface area contributed by atoms with E-state index in [1.165, 1.54) is 0 Å². The van der Waals surface area contributed by atoms with E-state index in [0.29, 0.717) is 25.1 Å². The van der Waals surface area contributed by atoms with Gasteiger partial charge in [0.2, 0.25) is 15.9 Å². The van der Waals surface area contributed by atoms with Crippen molar-refractivity contribution in [3.8, 4) is 0 Å². The molecule has 0 radical (unpaired) electrons. The number of carbonyl (C=O) groups is 1. The van der Waals surface area contributed by atoms with Gasteiger partial charge in [-0.25, -0.2) is 17.2 Å². The number of sulfonamides is 1. The highest BCUT2D eigenvalue weighted by molar-refractivity contribution is 7.89. The zero-order valence-corrected chi connectivity index (χ0v) is 16.5. The molecule has 1 aromatic carbocycles. The minimum atomic E-state index is -4.52. The summed E-state index contributed by atoms with van der Waals surface area (Å²) in [6, 6.07) is 0.795. The first-order chi connectivity index (χ1) is 13.7. The summed E-state index contributed by atoms with van der Waals surface area (Å²) in [5, 5.41) is 10.7. The molecule has 2 aliphatic rings. The molecule has 29 heavy (non-hydrogen) atoms. The molecular weight excluding hydrogens is 410 g/mol. The summed E-state index contributed by atoms with van der Waals surface area (Å²) in [7, 11) is -4.52. The lowest BCUT2D eigenvalue weighted by Gasteiger charge is -2.24. The number of nitro groups is 1. The van der Waals surface area contributed by atoms with Crippen LogP contribution in [0.15, 0.2) is 17.0 Å². The van der Waals surface area contributed by atoms with Gasteiger partial charge >= 0.3 is 0 Å². The number of nitro benzene ring substituents is 1. The van der Waals surface area contributed by atoms with E-state index in [1.54, 1.807) is 4.90 Å². The maximum absolute atomic E-state index is 14.2. The van der Waals surface area contributed by atoms with Gasteiger partial charge in [-0.2, -0.15) is 4.31 Å². The lowest BCUT2D eigenvalue weighted by atomic mass is 10.3.